The van der Waals surface area contributed by atoms with Gasteiger partial charge in [0.2, 0.25) is 0 Å². The Kier molecular flexibility index (Phi) is 3.26. The highest BCUT2D eigenvalue weighted by Gasteiger charge is 2.38. The minimum Gasteiger partial charge on any atom is -0.480 e. The van der Waals surface area contributed by atoms with Crippen LogP contribution >= 0.6 is 0 Å². The summed E-state index contributed by atoms with van der Waals surface area (Å²) in [5, 5.41) is 12.5. The third-order valence-corrected chi connectivity index (χ3v) is 3.75. The molecular weight excluding hydrogens is 192 g/mol. The Labute approximate surface area is 90.6 Å². The van der Waals surface area contributed by atoms with E-state index >= 15 is 0 Å². The molecule has 2 aliphatic rings. The quantitative estimate of drug-likeness (QED) is 0.701. The molecule has 0 spiro atoms. The summed E-state index contributed by atoms with van der Waals surface area (Å²) in [6.45, 7) is 5.23. The van der Waals surface area contributed by atoms with Gasteiger partial charge in [0.15, 0.2) is 0 Å². The molecule has 0 amide bonds. The number of aliphatic carboxylic acids is 1. The number of nitrogens with zero attached hydrogens (tertiary/aromatic N) is 1. The maximum Gasteiger partial charge on any atom is 0.320 e. The molecule has 4 heteroatoms. The van der Waals surface area contributed by atoms with E-state index in [0.29, 0.717) is 12.0 Å². The molecule has 2 heterocycles. The van der Waals surface area contributed by atoms with E-state index in [-0.39, 0.29) is 6.04 Å². The summed E-state index contributed by atoms with van der Waals surface area (Å²) in [6.07, 6.45) is 2.95. The van der Waals surface area contributed by atoms with Crippen LogP contribution in [0.25, 0.3) is 0 Å². The predicted molar refractivity (Wildman–Crippen MR) is 57.8 cm³/mol. The number of nitrogens with one attached hydrogen (secondary N) is 1. The van der Waals surface area contributed by atoms with Crippen LogP contribution in [0.3, 0.4) is 0 Å². The van der Waals surface area contributed by atoms with Crippen LogP contribution in [0.1, 0.15) is 26.2 Å². The van der Waals surface area contributed by atoms with Crippen molar-refractivity contribution in [3.05, 3.63) is 0 Å². The summed E-state index contributed by atoms with van der Waals surface area (Å²) in [4.78, 5) is 13.3. The SMILES string of the molecule is CC1CNCCC1N1CCC[C@H]1C(=O)O. The summed E-state index contributed by atoms with van der Waals surface area (Å²) >= 11 is 0. The van der Waals surface area contributed by atoms with Crippen LogP contribution in [-0.4, -0.2) is 47.7 Å². The molecule has 0 aliphatic carbocycles. The molecule has 15 heavy (non-hydrogen) atoms. The summed E-state index contributed by atoms with van der Waals surface area (Å²) in [7, 11) is 0. The van der Waals surface area contributed by atoms with E-state index in [9.17, 15) is 4.79 Å². The van der Waals surface area contributed by atoms with Gasteiger partial charge < -0.3 is 10.4 Å². The Hall–Kier alpha value is -0.610. The lowest BCUT2D eigenvalue weighted by Gasteiger charge is -2.38. The summed E-state index contributed by atoms with van der Waals surface area (Å²) in [6, 6.07) is 0.241. The molecule has 2 N–H and O–H groups in total. The third kappa shape index (κ3) is 2.16. The minimum atomic E-state index is -0.641. The van der Waals surface area contributed by atoms with Crippen LogP contribution in [0, 0.1) is 5.92 Å². The van der Waals surface area contributed by atoms with Crippen LogP contribution in [0.5, 0.6) is 0 Å². The first-order valence-corrected chi connectivity index (χ1v) is 5.89. The average Bonchev–Trinajstić information content (AvgIpc) is 2.67. The fourth-order valence-corrected chi connectivity index (χ4v) is 2.94. The monoisotopic (exact) mass is 212 g/mol. The lowest BCUT2D eigenvalue weighted by atomic mass is 9.93. The normalized spacial score (nSPS) is 38.1. The van der Waals surface area contributed by atoms with Crippen molar-refractivity contribution < 1.29 is 9.90 Å². The van der Waals surface area contributed by atoms with Crippen molar-refractivity contribution in [2.24, 2.45) is 5.92 Å². The maximum atomic E-state index is 11.1. The van der Waals surface area contributed by atoms with Gasteiger partial charge in [-0.1, -0.05) is 6.92 Å². The van der Waals surface area contributed by atoms with Crippen LogP contribution in [0.15, 0.2) is 0 Å². The lowest BCUT2D eigenvalue weighted by molar-refractivity contribution is -0.143. The standard InChI is InChI=1S/C11H20N2O2/c1-8-7-12-5-4-9(8)13-6-2-3-10(13)11(14)15/h8-10,12H,2-7H2,1H3,(H,14,15)/t8?,9?,10-/m0/s1. The van der Waals surface area contributed by atoms with Crippen molar-refractivity contribution in [1.29, 1.82) is 0 Å². The van der Waals surface area contributed by atoms with Crippen LogP contribution in [0.4, 0.5) is 0 Å². The smallest absolute Gasteiger partial charge is 0.320 e. The number of piperidine rings is 1. The van der Waals surface area contributed by atoms with E-state index in [2.05, 4.69) is 17.1 Å². The Morgan fingerprint density at radius 3 is 2.93 bits per heavy atom. The molecule has 2 aliphatic heterocycles. The van der Waals surface area contributed by atoms with Gasteiger partial charge in [-0.25, -0.2) is 0 Å². The first-order chi connectivity index (χ1) is 7.20. The molecule has 0 radical (unpaired) electrons. The highest BCUT2D eigenvalue weighted by Crippen LogP contribution is 2.27. The fraction of sp³-hybridized carbons (Fsp3) is 0.909. The second-order valence-corrected chi connectivity index (χ2v) is 4.77. The van der Waals surface area contributed by atoms with Crippen molar-refractivity contribution in [1.82, 2.24) is 10.2 Å². The Balaban J connectivity index is 2.04. The van der Waals surface area contributed by atoms with Crippen LogP contribution in [0.2, 0.25) is 0 Å². The average molecular weight is 212 g/mol. The third-order valence-electron chi connectivity index (χ3n) is 3.75. The molecule has 0 aromatic heterocycles. The van der Waals surface area contributed by atoms with Crippen molar-refractivity contribution in [2.75, 3.05) is 19.6 Å². The second kappa shape index (κ2) is 4.49. The van der Waals surface area contributed by atoms with Gasteiger partial charge in [-0.3, -0.25) is 9.69 Å². The maximum absolute atomic E-state index is 11.1. The topological polar surface area (TPSA) is 52.6 Å². The zero-order chi connectivity index (χ0) is 10.8. The van der Waals surface area contributed by atoms with Crippen molar-refractivity contribution in [3.63, 3.8) is 0 Å². The molecule has 3 atom stereocenters. The number of carboxylic acid groups (broad SMARTS) is 1. The Morgan fingerprint density at radius 2 is 2.27 bits per heavy atom. The molecule has 2 fully saturated rings. The van der Waals surface area contributed by atoms with Gasteiger partial charge in [0.05, 0.1) is 0 Å². The van der Waals surface area contributed by atoms with Gasteiger partial charge in [-0.15, -0.1) is 0 Å². The van der Waals surface area contributed by atoms with Gasteiger partial charge in [0.1, 0.15) is 6.04 Å². The molecule has 0 saturated carbocycles. The first kappa shape index (κ1) is 10.9. The number of hydrogen-bond donors (Lipinski definition) is 2. The molecule has 0 bridgehead atoms. The van der Waals surface area contributed by atoms with Crippen molar-refractivity contribution in [2.45, 2.75) is 38.3 Å². The number of hydrogen-bond acceptors (Lipinski definition) is 3. The molecular formula is C11H20N2O2. The van der Waals surface area contributed by atoms with E-state index < -0.39 is 5.97 Å². The van der Waals surface area contributed by atoms with Crippen LogP contribution in [-0.2, 0) is 4.79 Å². The molecule has 0 aromatic carbocycles. The molecule has 2 saturated heterocycles. The lowest BCUT2D eigenvalue weighted by Crippen LogP contribution is -2.52. The van der Waals surface area contributed by atoms with Crippen molar-refractivity contribution >= 4 is 5.97 Å². The Morgan fingerprint density at radius 1 is 1.47 bits per heavy atom. The van der Waals surface area contributed by atoms with Gasteiger partial charge in [0.25, 0.3) is 0 Å². The molecule has 4 nitrogen and oxygen atoms in total. The predicted octanol–water partition coefficient (Wildman–Crippen LogP) is 0.533. The molecule has 0 aromatic rings. The largest absolute Gasteiger partial charge is 0.480 e. The van der Waals surface area contributed by atoms with Gasteiger partial charge >= 0.3 is 5.97 Å². The molecule has 86 valence electrons. The Bertz CT molecular complexity index is 245. The number of rotatable bonds is 2. The highest BCUT2D eigenvalue weighted by atomic mass is 16.4. The van der Waals surface area contributed by atoms with Crippen molar-refractivity contribution in [3.8, 4) is 0 Å². The molecule has 2 rings (SSSR count). The fourth-order valence-electron chi connectivity index (χ4n) is 2.94. The zero-order valence-corrected chi connectivity index (χ0v) is 9.28. The van der Waals surface area contributed by atoms with Crippen LogP contribution < -0.4 is 5.32 Å². The number of carboxylic acids is 1. The first-order valence-electron chi connectivity index (χ1n) is 5.89. The highest BCUT2D eigenvalue weighted by molar-refractivity contribution is 5.73. The summed E-state index contributed by atoms with van der Waals surface area (Å²) in [5.41, 5.74) is 0. The summed E-state index contributed by atoms with van der Waals surface area (Å²) < 4.78 is 0. The second-order valence-electron chi connectivity index (χ2n) is 4.77. The zero-order valence-electron chi connectivity index (χ0n) is 9.28. The van der Waals surface area contributed by atoms with E-state index in [1.54, 1.807) is 0 Å². The van der Waals surface area contributed by atoms with E-state index in [0.717, 1.165) is 38.9 Å². The van der Waals surface area contributed by atoms with Gasteiger partial charge in [0, 0.05) is 6.04 Å². The summed E-state index contributed by atoms with van der Waals surface area (Å²) in [5.74, 6) is -0.0723. The van der Waals surface area contributed by atoms with Gasteiger partial charge in [-0.2, -0.15) is 0 Å². The van der Waals surface area contributed by atoms with E-state index in [1.807, 2.05) is 0 Å². The minimum absolute atomic E-state index is 0.226. The van der Waals surface area contributed by atoms with E-state index in [4.69, 9.17) is 5.11 Å². The van der Waals surface area contributed by atoms with Gasteiger partial charge in [-0.05, 0) is 44.8 Å². The number of carbonyl (C=O) groups is 1. The molecule has 2 unspecified atom stereocenters. The van der Waals surface area contributed by atoms with E-state index in [1.165, 1.54) is 0 Å². The number of likely N-dealkylation sites (tertiary alicyclic amines) is 1.